The summed E-state index contributed by atoms with van der Waals surface area (Å²) in [6.45, 7) is 6.29. The Kier molecular flexibility index (Phi) is 6.69. The van der Waals surface area contributed by atoms with Crippen molar-refractivity contribution >= 4 is 17.7 Å². The number of carboxylic acid groups (broad SMARTS) is 1. The lowest BCUT2D eigenvalue weighted by Gasteiger charge is -2.20. The maximum Gasteiger partial charge on any atom is 0.321 e. The van der Waals surface area contributed by atoms with E-state index < -0.39 is 11.9 Å². The van der Waals surface area contributed by atoms with Gasteiger partial charge in [-0.3, -0.25) is 4.79 Å². The van der Waals surface area contributed by atoms with Crippen molar-refractivity contribution in [3.63, 3.8) is 0 Å². The third-order valence-electron chi connectivity index (χ3n) is 3.23. The van der Waals surface area contributed by atoms with E-state index in [1.807, 2.05) is 19.9 Å². The van der Waals surface area contributed by atoms with E-state index in [-0.39, 0.29) is 12.6 Å². The summed E-state index contributed by atoms with van der Waals surface area (Å²) < 4.78 is 5.53. The molecular weight excluding hydrogens is 284 g/mol. The monoisotopic (exact) mass is 308 g/mol. The number of nitrogens with zero attached hydrogens (tertiary/aromatic N) is 1. The van der Waals surface area contributed by atoms with E-state index in [4.69, 9.17) is 9.84 Å². The summed E-state index contributed by atoms with van der Waals surface area (Å²) in [5, 5.41) is 11.7. The minimum Gasteiger partial charge on any atom is -0.494 e. The Morgan fingerprint density at radius 1 is 1.41 bits per heavy atom. The van der Waals surface area contributed by atoms with Gasteiger partial charge in [-0.25, -0.2) is 4.79 Å². The molecule has 0 aliphatic carbocycles. The molecule has 2 N–H and O–H groups in total. The summed E-state index contributed by atoms with van der Waals surface area (Å²) in [6.07, 6.45) is 0.935. The van der Waals surface area contributed by atoms with Crippen molar-refractivity contribution in [2.75, 3.05) is 25.5 Å². The molecule has 6 nitrogen and oxygen atoms in total. The number of aliphatic carboxylic acids is 1. The van der Waals surface area contributed by atoms with E-state index in [2.05, 4.69) is 5.32 Å². The number of carboxylic acids is 1. The van der Waals surface area contributed by atoms with Gasteiger partial charge in [-0.05, 0) is 37.1 Å². The first-order valence-electron chi connectivity index (χ1n) is 7.33. The molecule has 0 aliphatic heterocycles. The van der Waals surface area contributed by atoms with E-state index in [9.17, 15) is 9.59 Å². The highest BCUT2D eigenvalue weighted by molar-refractivity contribution is 5.90. The first-order chi connectivity index (χ1) is 10.3. The Hall–Kier alpha value is -2.24. The lowest BCUT2D eigenvalue weighted by Crippen LogP contribution is -2.36. The third kappa shape index (κ3) is 5.27. The Bertz CT molecular complexity index is 531. The second kappa shape index (κ2) is 8.26. The number of amides is 2. The first-order valence-corrected chi connectivity index (χ1v) is 7.33. The topological polar surface area (TPSA) is 78.9 Å². The highest BCUT2D eigenvalue weighted by Crippen LogP contribution is 2.21. The molecule has 122 valence electrons. The lowest BCUT2D eigenvalue weighted by atomic mass is 10.2. The number of ether oxygens (including phenoxy) is 1. The molecule has 0 aliphatic rings. The summed E-state index contributed by atoms with van der Waals surface area (Å²) in [6, 6.07) is 5.12. The summed E-state index contributed by atoms with van der Waals surface area (Å²) in [5.74, 6) is -0.764. The van der Waals surface area contributed by atoms with Gasteiger partial charge in [0.05, 0.1) is 12.5 Å². The summed E-state index contributed by atoms with van der Waals surface area (Å²) in [7, 11) is 1.57. The molecule has 0 spiro atoms. The van der Waals surface area contributed by atoms with Gasteiger partial charge < -0.3 is 20.1 Å². The fourth-order valence-electron chi connectivity index (χ4n) is 1.87. The molecule has 2 amide bonds. The highest BCUT2D eigenvalue weighted by atomic mass is 16.5. The van der Waals surface area contributed by atoms with E-state index >= 15 is 0 Å². The van der Waals surface area contributed by atoms with Crippen LogP contribution in [0.1, 0.15) is 25.8 Å². The Morgan fingerprint density at radius 3 is 2.64 bits per heavy atom. The number of anilines is 1. The zero-order valence-corrected chi connectivity index (χ0v) is 13.5. The summed E-state index contributed by atoms with van der Waals surface area (Å²) in [4.78, 5) is 24.3. The number of benzene rings is 1. The van der Waals surface area contributed by atoms with Crippen molar-refractivity contribution in [2.24, 2.45) is 5.92 Å². The number of urea groups is 1. The predicted octanol–water partition coefficient (Wildman–Crippen LogP) is 2.97. The second-order valence-corrected chi connectivity index (χ2v) is 5.38. The number of carbonyl (C=O) groups excluding carboxylic acids is 1. The smallest absolute Gasteiger partial charge is 0.321 e. The number of carbonyl (C=O) groups is 2. The molecule has 0 saturated carbocycles. The lowest BCUT2D eigenvalue weighted by molar-refractivity contribution is -0.141. The van der Waals surface area contributed by atoms with Crippen LogP contribution in [-0.2, 0) is 4.79 Å². The fraction of sp³-hybridized carbons (Fsp3) is 0.500. The Morgan fingerprint density at radius 2 is 2.09 bits per heavy atom. The highest BCUT2D eigenvalue weighted by Gasteiger charge is 2.17. The van der Waals surface area contributed by atoms with Gasteiger partial charge in [0, 0.05) is 19.3 Å². The largest absolute Gasteiger partial charge is 0.494 e. The molecule has 0 heterocycles. The number of hydrogen-bond donors (Lipinski definition) is 2. The molecule has 1 aromatic carbocycles. The maximum atomic E-state index is 12.1. The van der Waals surface area contributed by atoms with Crippen LogP contribution in [0, 0.1) is 12.8 Å². The van der Waals surface area contributed by atoms with Gasteiger partial charge in [0.15, 0.2) is 0 Å². The van der Waals surface area contributed by atoms with E-state index in [1.165, 1.54) is 4.90 Å². The fourth-order valence-corrected chi connectivity index (χ4v) is 1.87. The average Bonchev–Trinajstić information content (AvgIpc) is 2.47. The molecule has 6 heteroatoms. The molecule has 0 aromatic heterocycles. The van der Waals surface area contributed by atoms with Crippen molar-refractivity contribution in [1.82, 2.24) is 4.90 Å². The van der Waals surface area contributed by atoms with Crippen molar-refractivity contribution < 1.29 is 19.4 Å². The van der Waals surface area contributed by atoms with E-state index in [0.717, 1.165) is 17.7 Å². The molecule has 1 rings (SSSR count). The molecule has 1 unspecified atom stereocenters. The van der Waals surface area contributed by atoms with Gasteiger partial charge in [0.1, 0.15) is 5.75 Å². The molecule has 1 aromatic rings. The molecule has 1 atom stereocenters. The molecule has 22 heavy (non-hydrogen) atoms. The van der Waals surface area contributed by atoms with Crippen LogP contribution in [0.2, 0.25) is 0 Å². The zero-order chi connectivity index (χ0) is 16.7. The standard InChI is InChI=1S/C16H24N2O4/c1-5-8-22-13-6-7-14(11(2)9-13)17-16(21)18(4)10-12(3)15(19)20/h6-7,9,12H,5,8,10H2,1-4H3,(H,17,21)(H,19,20). The number of hydrogen-bond acceptors (Lipinski definition) is 3. The van der Waals surface area contributed by atoms with Crippen molar-refractivity contribution in [3.8, 4) is 5.75 Å². The van der Waals surface area contributed by atoms with Gasteiger partial charge in [0.25, 0.3) is 0 Å². The molecule has 0 radical (unpaired) electrons. The SMILES string of the molecule is CCCOc1ccc(NC(=O)N(C)CC(C)C(=O)O)c(C)c1. The Balaban J connectivity index is 2.65. The minimum atomic E-state index is -0.923. The average molecular weight is 308 g/mol. The van der Waals surface area contributed by atoms with Gasteiger partial charge in [-0.1, -0.05) is 13.8 Å². The first kappa shape index (κ1) is 17.8. The maximum absolute atomic E-state index is 12.1. The quantitative estimate of drug-likeness (QED) is 0.811. The number of nitrogens with one attached hydrogen (secondary N) is 1. The minimum absolute atomic E-state index is 0.151. The van der Waals surface area contributed by atoms with Crippen LogP contribution in [0.15, 0.2) is 18.2 Å². The summed E-state index contributed by atoms with van der Waals surface area (Å²) >= 11 is 0. The van der Waals surface area contributed by atoms with Crippen molar-refractivity contribution in [3.05, 3.63) is 23.8 Å². The van der Waals surface area contributed by atoms with Gasteiger partial charge in [-0.2, -0.15) is 0 Å². The summed E-state index contributed by atoms with van der Waals surface area (Å²) in [5.41, 5.74) is 1.57. The third-order valence-corrected chi connectivity index (χ3v) is 3.23. The van der Waals surface area contributed by atoms with Gasteiger partial charge in [0.2, 0.25) is 0 Å². The second-order valence-electron chi connectivity index (χ2n) is 5.38. The van der Waals surface area contributed by atoms with E-state index in [1.54, 1.807) is 26.1 Å². The molecule has 0 saturated heterocycles. The van der Waals surface area contributed by atoms with Crippen molar-refractivity contribution in [2.45, 2.75) is 27.2 Å². The number of rotatable bonds is 7. The number of aryl methyl sites for hydroxylation is 1. The van der Waals surface area contributed by atoms with Crippen LogP contribution < -0.4 is 10.1 Å². The van der Waals surface area contributed by atoms with Gasteiger partial charge in [-0.15, -0.1) is 0 Å². The van der Waals surface area contributed by atoms with Crippen LogP contribution in [0.4, 0.5) is 10.5 Å². The zero-order valence-electron chi connectivity index (χ0n) is 13.5. The van der Waals surface area contributed by atoms with Crippen LogP contribution >= 0.6 is 0 Å². The van der Waals surface area contributed by atoms with Crippen LogP contribution in [0.25, 0.3) is 0 Å². The molecule has 0 fully saturated rings. The van der Waals surface area contributed by atoms with Gasteiger partial charge >= 0.3 is 12.0 Å². The van der Waals surface area contributed by atoms with Crippen LogP contribution in [-0.4, -0.2) is 42.2 Å². The molecule has 0 bridgehead atoms. The van der Waals surface area contributed by atoms with E-state index in [0.29, 0.717) is 12.3 Å². The molecular formula is C16H24N2O4. The van der Waals surface area contributed by atoms with Crippen molar-refractivity contribution in [1.29, 1.82) is 0 Å². The normalized spacial score (nSPS) is 11.6. The Labute approximate surface area is 131 Å². The van der Waals surface area contributed by atoms with Crippen LogP contribution in [0.5, 0.6) is 5.75 Å². The predicted molar refractivity (Wildman–Crippen MR) is 85.4 cm³/mol. The van der Waals surface area contributed by atoms with Crippen LogP contribution in [0.3, 0.4) is 0 Å².